The molecule has 1 aromatic carbocycles. The van der Waals surface area contributed by atoms with Gasteiger partial charge in [0.05, 0.1) is 13.2 Å². The molecule has 0 saturated heterocycles. The molecule has 3 N–H and O–H groups in total. The highest BCUT2D eigenvalue weighted by Gasteiger charge is 2.25. The largest absolute Gasteiger partial charge is 0.467 e. The molecule has 0 aliphatic carbocycles. The second-order valence-electron chi connectivity index (χ2n) is 6.99. The van der Waals surface area contributed by atoms with E-state index in [-0.39, 0.29) is 23.8 Å². The summed E-state index contributed by atoms with van der Waals surface area (Å²) in [5, 5.41) is 2.61. The Kier molecular flexibility index (Phi) is 9.27. The van der Waals surface area contributed by atoms with Gasteiger partial charge in [-0.3, -0.25) is 14.4 Å². The second kappa shape index (κ2) is 11.2. The number of nitrogens with one attached hydrogen (secondary N) is 1. The average Bonchev–Trinajstić information content (AvgIpc) is 2.61. The zero-order valence-electron chi connectivity index (χ0n) is 17.3. The van der Waals surface area contributed by atoms with E-state index in [4.69, 9.17) is 19.9 Å². The molecule has 1 rings (SSSR count). The minimum absolute atomic E-state index is 0.0463. The highest BCUT2D eigenvalue weighted by Crippen LogP contribution is 2.29. The lowest BCUT2D eigenvalue weighted by Crippen LogP contribution is -2.50. The van der Waals surface area contributed by atoms with E-state index in [9.17, 15) is 19.2 Å². The summed E-state index contributed by atoms with van der Waals surface area (Å²) in [5.41, 5.74) is 6.56. The van der Waals surface area contributed by atoms with E-state index in [1.165, 1.54) is 33.1 Å². The van der Waals surface area contributed by atoms with Crippen LogP contribution in [0.25, 0.3) is 0 Å². The quantitative estimate of drug-likeness (QED) is 0.458. The summed E-state index contributed by atoms with van der Waals surface area (Å²) >= 11 is 0. The van der Waals surface area contributed by atoms with Gasteiger partial charge in [-0.15, -0.1) is 0 Å². The lowest BCUT2D eigenvalue weighted by Gasteiger charge is -2.21. The van der Waals surface area contributed by atoms with Gasteiger partial charge >= 0.3 is 17.9 Å². The van der Waals surface area contributed by atoms with Crippen LogP contribution in [0.5, 0.6) is 11.5 Å². The van der Waals surface area contributed by atoms with E-state index in [0.29, 0.717) is 12.0 Å². The summed E-state index contributed by atoms with van der Waals surface area (Å²) in [4.78, 5) is 46.8. The molecule has 0 spiro atoms. The Morgan fingerprint density at radius 3 is 2.14 bits per heavy atom. The number of ether oxygens (including phenoxy) is 3. The Labute approximate surface area is 169 Å². The standard InChI is InChI=1S/C20H28N2O7/c1-11(2)8-16(20(26)27-5)22-19(25)15(21)9-14-6-7-17(28-12(3)23)18(10-14)29-13(4)24/h6-7,10-11,15-16H,8-9,21H2,1-5H3,(H,22,25)/t15-,16-/m0/s1. The first kappa shape index (κ1) is 24.1. The Hall–Kier alpha value is -2.94. The number of amides is 1. The average molecular weight is 408 g/mol. The number of methoxy groups -OCH3 is 1. The van der Waals surface area contributed by atoms with Crippen molar-refractivity contribution in [2.45, 2.75) is 52.6 Å². The van der Waals surface area contributed by atoms with E-state index in [0.717, 1.165) is 0 Å². The molecule has 1 amide bonds. The minimum Gasteiger partial charge on any atom is -0.467 e. The Morgan fingerprint density at radius 1 is 1.03 bits per heavy atom. The van der Waals surface area contributed by atoms with Crippen LogP contribution in [0.1, 0.15) is 39.7 Å². The SMILES string of the molecule is COC(=O)[C@H](CC(C)C)NC(=O)[C@@H](N)Cc1ccc(OC(C)=O)c(OC(C)=O)c1. The molecule has 0 radical (unpaired) electrons. The molecule has 0 bridgehead atoms. The fourth-order valence-corrected chi connectivity index (χ4v) is 2.61. The van der Waals surface area contributed by atoms with Gasteiger partial charge in [0, 0.05) is 13.8 Å². The predicted octanol–water partition coefficient (Wildman–Crippen LogP) is 1.11. The van der Waals surface area contributed by atoms with Crippen LogP contribution in [0, 0.1) is 5.92 Å². The molecular formula is C20H28N2O7. The third kappa shape index (κ3) is 8.30. The van der Waals surface area contributed by atoms with Crippen LogP contribution < -0.4 is 20.5 Å². The van der Waals surface area contributed by atoms with E-state index in [2.05, 4.69) is 5.32 Å². The summed E-state index contributed by atoms with van der Waals surface area (Å²) in [7, 11) is 1.25. The summed E-state index contributed by atoms with van der Waals surface area (Å²) in [5.74, 6) is -1.92. The number of rotatable bonds is 9. The number of esters is 3. The molecule has 1 aromatic rings. The number of hydrogen-bond acceptors (Lipinski definition) is 8. The Morgan fingerprint density at radius 2 is 1.62 bits per heavy atom. The van der Waals surface area contributed by atoms with Crippen LogP contribution in [-0.2, 0) is 30.3 Å². The van der Waals surface area contributed by atoms with Gasteiger partial charge in [0.1, 0.15) is 6.04 Å². The molecule has 0 saturated carbocycles. The first-order valence-corrected chi connectivity index (χ1v) is 9.17. The van der Waals surface area contributed by atoms with Gasteiger partial charge in [-0.05, 0) is 36.5 Å². The number of carbonyl (C=O) groups is 4. The van der Waals surface area contributed by atoms with E-state index in [1.54, 1.807) is 6.07 Å². The minimum atomic E-state index is -0.959. The van der Waals surface area contributed by atoms with Crippen molar-refractivity contribution in [1.82, 2.24) is 5.32 Å². The summed E-state index contributed by atoms with van der Waals surface area (Å²) in [6.45, 7) is 6.28. The second-order valence-corrected chi connectivity index (χ2v) is 6.99. The van der Waals surface area contributed by atoms with Crippen molar-refractivity contribution < 1.29 is 33.4 Å². The molecule has 29 heavy (non-hydrogen) atoms. The van der Waals surface area contributed by atoms with E-state index >= 15 is 0 Å². The van der Waals surface area contributed by atoms with Gasteiger partial charge in [-0.1, -0.05) is 19.9 Å². The maximum atomic E-state index is 12.4. The van der Waals surface area contributed by atoms with Gasteiger partial charge < -0.3 is 25.3 Å². The molecular weight excluding hydrogens is 380 g/mol. The van der Waals surface area contributed by atoms with Crippen LogP contribution >= 0.6 is 0 Å². The van der Waals surface area contributed by atoms with Crippen molar-refractivity contribution >= 4 is 23.8 Å². The Balaban J connectivity index is 2.92. The molecule has 9 nitrogen and oxygen atoms in total. The van der Waals surface area contributed by atoms with Crippen LogP contribution in [-0.4, -0.2) is 43.0 Å². The zero-order valence-corrected chi connectivity index (χ0v) is 17.3. The molecule has 0 fully saturated rings. The highest BCUT2D eigenvalue weighted by molar-refractivity contribution is 5.87. The zero-order chi connectivity index (χ0) is 22.1. The van der Waals surface area contributed by atoms with Gasteiger partial charge in [0.2, 0.25) is 5.91 Å². The van der Waals surface area contributed by atoms with Crippen molar-refractivity contribution in [2.24, 2.45) is 11.7 Å². The molecule has 2 atom stereocenters. The number of carbonyl (C=O) groups excluding carboxylic acids is 4. The maximum absolute atomic E-state index is 12.4. The van der Waals surface area contributed by atoms with Crippen molar-refractivity contribution in [3.05, 3.63) is 23.8 Å². The van der Waals surface area contributed by atoms with E-state index < -0.39 is 35.9 Å². The topological polar surface area (TPSA) is 134 Å². The summed E-state index contributed by atoms with van der Waals surface area (Å²) < 4.78 is 14.8. The maximum Gasteiger partial charge on any atom is 0.328 e. The van der Waals surface area contributed by atoms with Crippen molar-refractivity contribution in [1.29, 1.82) is 0 Å². The lowest BCUT2D eigenvalue weighted by atomic mass is 10.0. The fraction of sp³-hybridized carbons (Fsp3) is 0.500. The van der Waals surface area contributed by atoms with Crippen LogP contribution in [0.4, 0.5) is 0 Å². The molecule has 9 heteroatoms. The predicted molar refractivity (Wildman–Crippen MR) is 104 cm³/mol. The van der Waals surface area contributed by atoms with Crippen molar-refractivity contribution in [3.8, 4) is 11.5 Å². The number of hydrogen-bond donors (Lipinski definition) is 2. The Bertz CT molecular complexity index is 761. The van der Waals surface area contributed by atoms with Gasteiger partial charge in [-0.25, -0.2) is 4.79 Å². The molecule has 0 aliphatic rings. The normalized spacial score (nSPS) is 12.7. The molecule has 0 aliphatic heterocycles. The van der Waals surface area contributed by atoms with Gasteiger partial charge in [0.25, 0.3) is 0 Å². The van der Waals surface area contributed by atoms with Gasteiger partial charge in [-0.2, -0.15) is 0 Å². The molecule has 0 aromatic heterocycles. The monoisotopic (exact) mass is 408 g/mol. The van der Waals surface area contributed by atoms with Crippen molar-refractivity contribution in [2.75, 3.05) is 7.11 Å². The number of benzene rings is 1. The smallest absolute Gasteiger partial charge is 0.328 e. The summed E-state index contributed by atoms with van der Waals surface area (Å²) in [6, 6.07) is 2.78. The summed E-state index contributed by atoms with van der Waals surface area (Å²) in [6.07, 6.45) is 0.523. The first-order chi connectivity index (χ1) is 13.5. The van der Waals surface area contributed by atoms with Crippen LogP contribution in [0.2, 0.25) is 0 Å². The third-order valence-corrected chi connectivity index (χ3v) is 3.82. The first-order valence-electron chi connectivity index (χ1n) is 9.17. The van der Waals surface area contributed by atoms with Gasteiger partial charge in [0.15, 0.2) is 11.5 Å². The lowest BCUT2D eigenvalue weighted by molar-refractivity contribution is -0.145. The highest BCUT2D eigenvalue weighted by atomic mass is 16.6. The number of nitrogens with two attached hydrogens (primary N) is 1. The molecule has 160 valence electrons. The van der Waals surface area contributed by atoms with Crippen molar-refractivity contribution in [3.63, 3.8) is 0 Å². The van der Waals surface area contributed by atoms with Crippen LogP contribution in [0.15, 0.2) is 18.2 Å². The fourth-order valence-electron chi connectivity index (χ4n) is 2.61. The van der Waals surface area contributed by atoms with Crippen LogP contribution in [0.3, 0.4) is 0 Å². The van der Waals surface area contributed by atoms with E-state index in [1.807, 2.05) is 13.8 Å². The molecule has 0 heterocycles. The molecule has 0 unspecified atom stereocenters. The third-order valence-electron chi connectivity index (χ3n) is 3.82.